The van der Waals surface area contributed by atoms with E-state index in [4.69, 9.17) is 0 Å². The molecule has 1 aliphatic carbocycles. The number of hydrogen-bond acceptors (Lipinski definition) is 2. The Hall–Kier alpha value is -0.610. The fraction of sp³-hybridized carbons (Fsp3) is 0.500. The number of hydrogen-bond donors (Lipinski definition) is 0. The van der Waals surface area contributed by atoms with Crippen molar-refractivity contribution in [2.75, 3.05) is 7.05 Å². The van der Waals surface area contributed by atoms with Gasteiger partial charge in [-0.1, -0.05) is 11.6 Å². The first-order valence-electron chi connectivity index (χ1n) is 6.30. The second kappa shape index (κ2) is 6.53. The smallest absolute Gasteiger partial charge is 0.226 e. The van der Waals surface area contributed by atoms with Crippen LogP contribution in [0.3, 0.4) is 0 Å². The van der Waals surface area contributed by atoms with Gasteiger partial charge in [0, 0.05) is 28.2 Å². The molecule has 18 heavy (non-hydrogen) atoms. The van der Waals surface area contributed by atoms with Gasteiger partial charge in [-0.3, -0.25) is 4.79 Å². The van der Waals surface area contributed by atoms with Crippen LogP contribution in [0.4, 0.5) is 0 Å². The zero-order chi connectivity index (χ0) is 13.0. The van der Waals surface area contributed by atoms with Crippen molar-refractivity contribution in [3.05, 3.63) is 32.4 Å². The molecule has 0 aliphatic heterocycles. The molecule has 1 aromatic heterocycles. The summed E-state index contributed by atoms with van der Waals surface area (Å²) in [7, 11) is 1.89. The first-order chi connectivity index (χ1) is 8.65. The van der Waals surface area contributed by atoms with Crippen LogP contribution >= 0.6 is 27.3 Å². The van der Waals surface area contributed by atoms with Crippen LogP contribution in [0, 0.1) is 0 Å². The maximum absolute atomic E-state index is 12.1. The van der Waals surface area contributed by atoms with Crippen molar-refractivity contribution in [3.63, 3.8) is 0 Å². The Labute approximate surface area is 121 Å². The van der Waals surface area contributed by atoms with E-state index in [0.29, 0.717) is 13.0 Å². The SMILES string of the molecule is CN(Cc1cc(Br)cs1)C(=O)CC1=CCCCC1. The van der Waals surface area contributed by atoms with Crippen LogP contribution < -0.4 is 0 Å². The first kappa shape index (κ1) is 13.8. The second-order valence-electron chi connectivity index (χ2n) is 4.77. The van der Waals surface area contributed by atoms with Gasteiger partial charge in [-0.25, -0.2) is 0 Å². The van der Waals surface area contributed by atoms with Crippen molar-refractivity contribution >= 4 is 33.2 Å². The van der Waals surface area contributed by atoms with Gasteiger partial charge in [0.1, 0.15) is 0 Å². The molecule has 0 saturated heterocycles. The summed E-state index contributed by atoms with van der Waals surface area (Å²) in [6, 6.07) is 2.08. The third kappa shape index (κ3) is 3.95. The molecule has 4 heteroatoms. The highest BCUT2D eigenvalue weighted by Crippen LogP contribution is 2.23. The van der Waals surface area contributed by atoms with E-state index in [0.717, 1.165) is 17.3 Å². The minimum absolute atomic E-state index is 0.229. The fourth-order valence-corrected chi connectivity index (χ4v) is 3.66. The normalized spacial score (nSPS) is 15.3. The van der Waals surface area contributed by atoms with Gasteiger partial charge in [0.2, 0.25) is 5.91 Å². The van der Waals surface area contributed by atoms with E-state index in [9.17, 15) is 4.79 Å². The number of amides is 1. The van der Waals surface area contributed by atoms with Gasteiger partial charge in [-0.15, -0.1) is 11.3 Å². The van der Waals surface area contributed by atoms with Crippen molar-refractivity contribution in [2.24, 2.45) is 0 Å². The molecule has 98 valence electrons. The van der Waals surface area contributed by atoms with Crippen molar-refractivity contribution in [1.29, 1.82) is 0 Å². The minimum Gasteiger partial charge on any atom is -0.340 e. The summed E-state index contributed by atoms with van der Waals surface area (Å²) < 4.78 is 1.10. The number of rotatable bonds is 4. The number of halogens is 1. The Morgan fingerprint density at radius 2 is 2.33 bits per heavy atom. The van der Waals surface area contributed by atoms with Crippen molar-refractivity contribution in [2.45, 2.75) is 38.6 Å². The Bertz CT molecular complexity index is 452. The molecule has 1 aliphatic rings. The van der Waals surface area contributed by atoms with E-state index in [1.807, 2.05) is 11.9 Å². The molecule has 0 radical (unpaired) electrons. The van der Waals surface area contributed by atoms with Crippen LogP contribution in [-0.2, 0) is 11.3 Å². The summed E-state index contributed by atoms with van der Waals surface area (Å²) in [6.07, 6.45) is 7.60. The second-order valence-corrected chi connectivity index (χ2v) is 6.68. The third-order valence-electron chi connectivity index (χ3n) is 3.20. The van der Waals surface area contributed by atoms with Gasteiger partial charge >= 0.3 is 0 Å². The highest BCUT2D eigenvalue weighted by Gasteiger charge is 2.13. The molecule has 1 heterocycles. The van der Waals surface area contributed by atoms with E-state index < -0.39 is 0 Å². The lowest BCUT2D eigenvalue weighted by Gasteiger charge is -2.18. The van der Waals surface area contributed by atoms with Gasteiger partial charge in [0.05, 0.1) is 6.54 Å². The Balaban J connectivity index is 1.86. The average molecular weight is 328 g/mol. The highest BCUT2D eigenvalue weighted by atomic mass is 79.9. The summed E-state index contributed by atoms with van der Waals surface area (Å²) in [5, 5.41) is 2.05. The van der Waals surface area contributed by atoms with Gasteiger partial charge in [-0.2, -0.15) is 0 Å². The summed E-state index contributed by atoms with van der Waals surface area (Å²) in [6.45, 7) is 0.711. The molecule has 0 bridgehead atoms. The number of carbonyl (C=O) groups is 1. The molecule has 2 nitrogen and oxygen atoms in total. The predicted octanol–water partition coefficient (Wildman–Crippen LogP) is 4.36. The summed E-state index contributed by atoms with van der Waals surface area (Å²) in [5.74, 6) is 0.229. The number of thiophene rings is 1. The molecule has 0 unspecified atom stereocenters. The zero-order valence-electron chi connectivity index (χ0n) is 10.6. The third-order valence-corrected chi connectivity index (χ3v) is 4.89. The van der Waals surface area contributed by atoms with E-state index in [1.54, 1.807) is 11.3 Å². The van der Waals surface area contributed by atoms with E-state index in [1.165, 1.54) is 23.3 Å². The Kier molecular flexibility index (Phi) is 5.01. The van der Waals surface area contributed by atoms with E-state index in [-0.39, 0.29) is 5.91 Å². The van der Waals surface area contributed by atoms with Crippen LogP contribution in [0.5, 0.6) is 0 Å². The van der Waals surface area contributed by atoms with Gasteiger partial charge < -0.3 is 4.90 Å². The topological polar surface area (TPSA) is 20.3 Å². The van der Waals surface area contributed by atoms with Crippen LogP contribution in [0.2, 0.25) is 0 Å². The zero-order valence-corrected chi connectivity index (χ0v) is 13.0. The molecule has 0 fully saturated rings. The maximum Gasteiger partial charge on any atom is 0.226 e. The monoisotopic (exact) mass is 327 g/mol. The van der Waals surface area contributed by atoms with Gasteiger partial charge in [0.15, 0.2) is 0 Å². The summed E-state index contributed by atoms with van der Waals surface area (Å²) >= 11 is 5.12. The number of nitrogens with zero attached hydrogens (tertiary/aromatic N) is 1. The van der Waals surface area contributed by atoms with Crippen molar-refractivity contribution in [3.8, 4) is 0 Å². The quantitative estimate of drug-likeness (QED) is 0.752. The predicted molar refractivity (Wildman–Crippen MR) is 79.7 cm³/mol. The lowest BCUT2D eigenvalue weighted by Crippen LogP contribution is -2.26. The summed E-state index contributed by atoms with van der Waals surface area (Å²) in [5.41, 5.74) is 1.32. The molecular formula is C14H18BrNOS. The molecular weight excluding hydrogens is 310 g/mol. The summed E-state index contributed by atoms with van der Waals surface area (Å²) in [4.78, 5) is 15.1. The first-order valence-corrected chi connectivity index (χ1v) is 7.97. The van der Waals surface area contributed by atoms with Crippen LogP contribution in [0.1, 0.15) is 37.0 Å². The maximum atomic E-state index is 12.1. The van der Waals surface area contributed by atoms with Gasteiger partial charge in [-0.05, 0) is 47.7 Å². The Morgan fingerprint density at radius 1 is 1.50 bits per heavy atom. The Morgan fingerprint density at radius 3 is 2.94 bits per heavy atom. The van der Waals surface area contributed by atoms with Gasteiger partial charge in [0.25, 0.3) is 0 Å². The van der Waals surface area contributed by atoms with Crippen molar-refractivity contribution < 1.29 is 4.79 Å². The molecule has 0 aromatic carbocycles. The largest absolute Gasteiger partial charge is 0.340 e. The van der Waals surface area contributed by atoms with Crippen LogP contribution in [0.15, 0.2) is 27.6 Å². The van der Waals surface area contributed by atoms with Crippen molar-refractivity contribution in [1.82, 2.24) is 4.90 Å². The highest BCUT2D eigenvalue weighted by molar-refractivity contribution is 9.10. The van der Waals surface area contributed by atoms with Crippen LogP contribution in [0.25, 0.3) is 0 Å². The standard InChI is InChI=1S/C14H18BrNOS/c1-16(9-13-8-12(15)10-18-13)14(17)7-11-5-3-2-4-6-11/h5,8,10H,2-4,6-7,9H2,1H3. The molecule has 2 rings (SSSR count). The van der Waals surface area contributed by atoms with E-state index in [2.05, 4.69) is 33.5 Å². The van der Waals surface area contributed by atoms with Crippen LogP contribution in [-0.4, -0.2) is 17.9 Å². The minimum atomic E-state index is 0.229. The molecule has 0 spiro atoms. The molecule has 0 saturated carbocycles. The molecule has 0 N–H and O–H groups in total. The lowest BCUT2D eigenvalue weighted by molar-refractivity contribution is -0.129. The average Bonchev–Trinajstić information content (AvgIpc) is 2.76. The lowest BCUT2D eigenvalue weighted by atomic mass is 9.97. The molecule has 1 aromatic rings. The molecule has 1 amide bonds. The molecule has 0 atom stereocenters. The number of carbonyl (C=O) groups excluding carboxylic acids is 1. The number of allylic oxidation sites excluding steroid dienone is 1. The fourth-order valence-electron chi connectivity index (χ4n) is 2.15. The van der Waals surface area contributed by atoms with E-state index >= 15 is 0 Å².